The second-order valence-corrected chi connectivity index (χ2v) is 6.48. The van der Waals surface area contributed by atoms with Crippen LogP contribution >= 0.6 is 11.8 Å². The minimum Gasteiger partial charge on any atom is -0.497 e. The van der Waals surface area contributed by atoms with Crippen molar-refractivity contribution in [3.8, 4) is 5.75 Å². The average Bonchev–Trinajstić information content (AvgIpc) is 2.59. The Morgan fingerprint density at radius 2 is 1.81 bits per heavy atom. The first-order valence-corrected chi connectivity index (χ1v) is 8.93. The highest BCUT2D eigenvalue weighted by molar-refractivity contribution is 7.98. The summed E-state index contributed by atoms with van der Waals surface area (Å²) in [5.74, 6) is 0.661. The number of hydrogen-bond acceptors (Lipinski definition) is 4. The van der Waals surface area contributed by atoms with Gasteiger partial charge in [0.05, 0.1) is 25.7 Å². The summed E-state index contributed by atoms with van der Waals surface area (Å²) in [6.45, 7) is 1.75. The summed E-state index contributed by atoms with van der Waals surface area (Å²) in [6.07, 6.45) is -4.92. The van der Waals surface area contributed by atoms with Crippen LogP contribution in [0.15, 0.2) is 47.4 Å². The zero-order valence-corrected chi connectivity index (χ0v) is 15.2. The van der Waals surface area contributed by atoms with E-state index < -0.39 is 24.1 Å². The first-order chi connectivity index (χ1) is 12.3. The Kier molecular flexibility index (Phi) is 6.97. The van der Waals surface area contributed by atoms with Crippen LogP contribution in [0.2, 0.25) is 0 Å². The molecule has 0 unspecified atom stereocenters. The Morgan fingerprint density at radius 1 is 1.12 bits per heavy atom. The van der Waals surface area contributed by atoms with Gasteiger partial charge in [-0.3, -0.25) is 4.79 Å². The number of methoxy groups -OCH3 is 1. The zero-order chi connectivity index (χ0) is 19.2. The number of thioether (sulfide) groups is 1. The fourth-order valence-electron chi connectivity index (χ4n) is 2.34. The number of rotatable bonds is 7. The molecule has 0 fully saturated rings. The lowest BCUT2D eigenvalue weighted by Crippen LogP contribution is -2.14. The van der Waals surface area contributed by atoms with E-state index in [-0.39, 0.29) is 12.2 Å². The van der Waals surface area contributed by atoms with Crippen molar-refractivity contribution in [2.75, 3.05) is 13.7 Å². The SMILES string of the molecule is CCOC(=O)Cc1cc(SCc2ccc(OC)cc2)ccc1C(F)(F)F. The molecule has 0 spiro atoms. The van der Waals surface area contributed by atoms with Crippen molar-refractivity contribution in [2.24, 2.45) is 0 Å². The van der Waals surface area contributed by atoms with Gasteiger partial charge < -0.3 is 9.47 Å². The van der Waals surface area contributed by atoms with Gasteiger partial charge in [0.1, 0.15) is 5.75 Å². The first kappa shape index (κ1) is 20.2. The summed E-state index contributed by atoms with van der Waals surface area (Å²) in [6, 6.07) is 11.3. The van der Waals surface area contributed by atoms with Crippen LogP contribution in [-0.4, -0.2) is 19.7 Å². The second kappa shape index (κ2) is 8.98. The topological polar surface area (TPSA) is 35.5 Å². The molecule has 2 aromatic carbocycles. The predicted molar refractivity (Wildman–Crippen MR) is 94.3 cm³/mol. The average molecular weight is 384 g/mol. The van der Waals surface area contributed by atoms with Gasteiger partial charge in [-0.1, -0.05) is 12.1 Å². The van der Waals surface area contributed by atoms with Crippen molar-refractivity contribution in [2.45, 2.75) is 30.2 Å². The van der Waals surface area contributed by atoms with Crippen LogP contribution < -0.4 is 4.74 Å². The Labute approximate surface area is 154 Å². The maximum Gasteiger partial charge on any atom is 0.416 e. The molecule has 7 heteroatoms. The fraction of sp³-hybridized carbons (Fsp3) is 0.316. The molecule has 0 heterocycles. The molecule has 140 valence electrons. The molecule has 26 heavy (non-hydrogen) atoms. The van der Waals surface area contributed by atoms with E-state index in [1.807, 2.05) is 24.3 Å². The van der Waals surface area contributed by atoms with Gasteiger partial charge in [0.2, 0.25) is 0 Å². The number of carbonyl (C=O) groups is 1. The summed E-state index contributed by atoms with van der Waals surface area (Å²) in [5, 5.41) is 0. The molecule has 3 nitrogen and oxygen atoms in total. The molecule has 0 aliphatic carbocycles. The Balaban J connectivity index is 2.16. The summed E-state index contributed by atoms with van der Waals surface area (Å²) in [5.41, 5.74) is 0.137. The maximum absolute atomic E-state index is 13.2. The zero-order valence-electron chi connectivity index (χ0n) is 14.4. The number of benzene rings is 2. The summed E-state index contributed by atoms with van der Waals surface area (Å²) in [4.78, 5) is 12.3. The van der Waals surface area contributed by atoms with Gasteiger partial charge in [-0.05, 0) is 48.4 Å². The van der Waals surface area contributed by atoms with Gasteiger partial charge in [0, 0.05) is 10.6 Å². The highest BCUT2D eigenvalue weighted by Gasteiger charge is 2.33. The van der Waals surface area contributed by atoms with Crippen LogP contribution in [0.3, 0.4) is 0 Å². The van der Waals surface area contributed by atoms with E-state index in [4.69, 9.17) is 9.47 Å². The van der Waals surface area contributed by atoms with Crippen molar-refractivity contribution in [1.82, 2.24) is 0 Å². The van der Waals surface area contributed by atoms with Gasteiger partial charge in [-0.2, -0.15) is 13.2 Å². The predicted octanol–water partition coefficient (Wildman–Crippen LogP) is 5.11. The fourth-order valence-corrected chi connectivity index (χ4v) is 3.25. The third-order valence-electron chi connectivity index (χ3n) is 3.59. The summed E-state index contributed by atoms with van der Waals surface area (Å²) < 4.78 is 49.4. The molecule has 2 rings (SSSR count). The van der Waals surface area contributed by atoms with Crippen LogP contribution in [-0.2, 0) is 27.9 Å². The first-order valence-electron chi connectivity index (χ1n) is 7.95. The standard InChI is InChI=1S/C19H19F3O3S/c1-3-25-18(23)11-14-10-16(8-9-17(14)19(20,21)22)26-12-13-4-6-15(24-2)7-5-13/h4-10H,3,11-12H2,1-2H3. The molecule has 0 aromatic heterocycles. The Morgan fingerprint density at radius 3 is 2.38 bits per heavy atom. The minimum atomic E-state index is -4.51. The van der Waals surface area contributed by atoms with Gasteiger partial charge in [-0.25, -0.2) is 0 Å². The number of carbonyl (C=O) groups excluding carboxylic acids is 1. The third-order valence-corrected chi connectivity index (χ3v) is 4.65. The van der Waals surface area contributed by atoms with E-state index in [0.717, 1.165) is 17.4 Å². The number of hydrogen-bond donors (Lipinski definition) is 0. The smallest absolute Gasteiger partial charge is 0.416 e. The Hall–Kier alpha value is -2.15. The van der Waals surface area contributed by atoms with Gasteiger partial charge >= 0.3 is 12.1 Å². The highest BCUT2D eigenvalue weighted by Crippen LogP contribution is 2.35. The van der Waals surface area contributed by atoms with Gasteiger partial charge in [-0.15, -0.1) is 11.8 Å². The molecule has 0 N–H and O–H groups in total. The van der Waals surface area contributed by atoms with Gasteiger partial charge in [0.15, 0.2) is 0 Å². The van der Waals surface area contributed by atoms with E-state index in [1.54, 1.807) is 14.0 Å². The van der Waals surface area contributed by atoms with Crippen LogP contribution in [0, 0.1) is 0 Å². The maximum atomic E-state index is 13.2. The normalized spacial score (nSPS) is 11.3. The van der Waals surface area contributed by atoms with Crippen molar-refractivity contribution < 1.29 is 27.4 Å². The molecule has 0 aliphatic rings. The van der Waals surface area contributed by atoms with E-state index in [2.05, 4.69) is 0 Å². The molecule has 2 aromatic rings. The molecule has 0 saturated carbocycles. The van der Waals surface area contributed by atoms with Crippen LogP contribution in [0.4, 0.5) is 13.2 Å². The van der Waals surface area contributed by atoms with Crippen molar-refractivity contribution in [3.63, 3.8) is 0 Å². The monoisotopic (exact) mass is 384 g/mol. The quantitative estimate of drug-likeness (QED) is 0.491. The lowest BCUT2D eigenvalue weighted by Gasteiger charge is -2.14. The molecule has 0 atom stereocenters. The molecule has 0 aliphatic heterocycles. The molecule has 0 bridgehead atoms. The third kappa shape index (κ3) is 5.69. The minimum absolute atomic E-state index is 0.0734. The molecule has 0 radical (unpaired) electrons. The molecule has 0 saturated heterocycles. The molecular formula is C19H19F3O3S. The summed E-state index contributed by atoms with van der Waals surface area (Å²) >= 11 is 1.40. The highest BCUT2D eigenvalue weighted by atomic mass is 32.2. The molecule has 0 amide bonds. The van der Waals surface area contributed by atoms with Crippen molar-refractivity contribution in [3.05, 3.63) is 59.2 Å². The second-order valence-electron chi connectivity index (χ2n) is 5.44. The lowest BCUT2D eigenvalue weighted by atomic mass is 10.0. The largest absolute Gasteiger partial charge is 0.497 e. The van der Waals surface area contributed by atoms with E-state index in [9.17, 15) is 18.0 Å². The van der Waals surface area contributed by atoms with E-state index in [1.165, 1.54) is 23.9 Å². The van der Waals surface area contributed by atoms with Crippen LogP contribution in [0.1, 0.15) is 23.6 Å². The van der Waals surface area contributed by atoms with Crippen molar-refractivity contribution >= 4 is 17.7 Å². The number of esters is 1. The van der Waals surface area contributed by atoms with E-state index >= 15 is 0 Å². The Bertz CT molecular complexity index is 743. The number of ether oxygens (including phenoxy) is 2. The van der Waals surface area contributed by atoms with Crippen LogP contribution in [0.25, 0.3) is 0 Å². The lowest BCUT2D eigenvalue weighted by molar-refractivity contribution is -0.143. The van der Waals surface area contributed by atoms with Crippen LogP contribution in [0.5, 0.6) is 5.75 Å². The van der Waals surface area contributed by atoms with Gasteiger partial charge in [0.25, 0.3) is 0 Å². The molecular weight excluding hydrogens is 365 g/mol. The van der Waals surface area contributed by atoms with Crippen molar-refractivity contribution in [1.29, 1.82) is 0 Å². The summed E-state index contributed by atoms with van der Waals surface area (Å²) in [7, 11) is 1.58. The number of alkyl halides is 3. The van der Waals surface area contributed by atoms with E-state index in [0.29, 0.717) is 10.6 Å². The number of halogens is 3.